The van der Waals surface area contributed by atoms with E-state index in [-0.39, 0.29) is 27.6 Å². The van der Waals surface area contributed by atoms with E-state index in [9.17, 15) is 23.1 Å². The number of hydrogen-bond acceptors (Lipinski definition) is 4. The number of carbonyl (C=O) groups is 2. The van der Waals surface area contributed by atoms with Crippen LogP contribution in [-0.2, 0) is 10.0 Å². The van der Waals surface area contributed by atoms with Crippen LogP contribution in [0.5, 0.6) is 0 Å². The fraction of sp³-hybridized carbons (Fsp3) is 0.200. The number of benzene rings is 3. The summed E-state index contributed by atoms with van der Waals surface area (Å²) in [5, 5.41) is 9.61. The molecule has 7 nitrogen and oxygen atoms in total. The Kier molecular flexibility index (Phi) is 6.46. The first-order chi connectivity index (χ1) is 15.9. The zero-order valence-electron chi connectivity index (χ0n) is 17.9. The molecule has 0 aliphatic carbocycles. The molecule has 170 valence electrons. The molecule has 1 heterocycles. The number of carboxylic acid groups (broad SMARTS) is 1. The number of nitrogens with one attached hydrogen (secondary N) is 1. The highest BCUT2D eigenvalue weighted by atomic mass is 32.2. The van der Waals surface area contributed by atoms with Crippen molar-refractivity contribution in [3.8, 4) is 11.1 Å². The summed E-state index contributed by atoms with van der Waals surface area (Å²) >= 11 is 0. The maximum Gasteiger partial charge on any atom is 0.337 e. The fourth-order valence-corrected chi connectivity index (χ4v) is 5.24. The largest absolute Gasteiger partial charge is 0.478 e. The van der Waals surface area contributed by atoms with Crippen LogP contribution in [0.2, 0.25) is 0 Å². The number of amides is 1. The predicted octanol–water partition coefficient (Wildman–Crippen LogP) is 4.48. The van der Waals surface area contributed by atoms with Gasteiger partial charge in [-0.25, -0.2) is 13.2 Å². The van der Waals surface area contributed by atoms with Crippen LogP contribution in [-0.4, -0.2) is 43.4 Å². The van der Waals surface area contributed by atoms with Crippen molar-refractivity contribution < 1.29 is 23.1 Å². The highest BCUT2D eigenvalue weighted by Gasteiger charge is 2.27. The third-order valence-electron chi connectivity index (χ3n) is 5.65. The van der Waals surface area contributed by atoms with Gasteiger partial charge in [-0.3, -0.25) is 9.52 Å². The summed E-state index contributed by atoms with van der Waals surface area (Å²) < 4.78 is 29.1. The van der Waals surface area contributed by atoms with E-state index >= 15 is 0 Å². The van der Waals surface area contributed by atoms with Crippen molar-refractivity contribution >= 4 is 27.6 Å². The fourth-order valence-electron chi connectivity index (χ4n) is 3.97. The Bertz CT molecular complexity index is 1280. The summed E-state index contributed by atoms with van der Waals surface area (Å²) in [5.74, 6) is -1.60. The molecule has 3 aromatic rings. The SMILES string of the molecule is O=C(O)c1ccc(-c2ccccc2)cc1NS(=O)(=O)c1ccccc1C(=O)N1CCCCC1. The standard InChI is InChI=1S/C25H24N2O5S/c28-24(27-15-7-2-8-16-27)21-11-5-6-12-23(21)33(31,32)26-22-17-19(13-14-20(22)25(29)30)18-9-3-1-4-10-18/h1,3-6,9-14,17,26H,2,7-8,15-16H2,(H,29,30). The van der Waals surface area contributed by atoms with Gasteiger partial charge in [0.15, 0.2) is 0 Å². The van der Waals surface area contributed by atoms with Gasteiger partial charge in [-0.1, -0.05) is 48.5 Å². The van der Waals surface area contributed by atoms with Crippen molar-refractivity contribution in [1.82, 2.24) is 4.90 Å². The van der Waals surface area contributed by atoms with Crippen molar-refractivity contribution in [3.05, 3.63) is 83.9 Å². The van der Waals surface area contributed by atoms with Gasteiger partial charge in [-0.2, -0.15) is 0 Å². The van der Waals surface area contributed by atoms with Crippen LogP contribution >= 0.6 is 0 Å². The van der Waals surface area contributed by atoms with E-state index in [2.05, 4.69) is 4.72 Å². The third kappa shape index (κ3) is 4.90. The zero-order chi connectivity index (χ0) is 23.4. The van der Waals surface area contributed by atoms with E-state index in [0.717, 1.165) is 24.8 Å². The molecule has 0 bridgehead atoms. The Morgan fingerprint density at radius 3 is 2.15 bits per heavy atom. The van der Waals surface area contributed by atoms with Crippen LogP contribution in [0.3, 0.4) is 0 Å². The number of rotatable bonds is 6. The lowest BCUT2D eigenvalue weighted by Crippen LogP contribution is -2.36. The van der Waals surface area contributed by atoms with Crippen LogP contribution in [0.1, 0.15) is 40.0 Å². The summed E-state index contributed by atoms with van der Waals surface area (Å²) in [4.78, 5) is 26.3. The average Bonchev–Trinajstić information content (AvgIpc) is 2.84. The zero-order valence-corrected chi connectivity index (χ0v) is 18.7. The minimum absolute atomic E-state index is 0.0657. The van der Waals surface area contributed by atoms with E-state index in [4.69, 9.17) is 0 Å². The first-order valence-electron chi connectivity index (χ1n) is 10.7. The highest BCUT2D eigenvalue weighted by molar-refractivity contribution is 7.92. The maximum atomic E-state index is 13.4. The molecule has 3 aromatic carbocycles. The van der Waals surface area contributed by atoms with Gasteiger partial charge in [0.2, 0.25) is 0 Å². The molecule has 1 aliphatic heterocycles. The molecule has 4 rings (SSSR count). The first kappa shape index (κ1) is 22.5. The van der Waals surface area contributed by atoms with Crippen molar-refractivity contribution in [2.45, 2.75) is 24.2 Å². The van der Waals surface area contributed by atoms with E-state index in [1.165, 1.54) is 24.3 Å². The highest BCUT2D eigenvalue weighted by Crippen LogP contribution is 2.29. The molecule has 0 radical (unpaired) electrons. The van der Waals surface area contributed by atoms with Crippen molar-refractivity contribution in [1.29, 1.82) is 0 Å². The van der Waals surface area contributed by atoms with Gasteiger partial charge in [0.05, 0.1) is 16.8 Å². The minimum atomic E-state index is -4.24. The molecule has 1 fully saturated rings. The number of nitrogens with zero attached hydrogens (tertiary/aromatic N) is 1. The van der Waals surface area contributed by atoms with Crippen molar-refractivity contribution in [3.63, 3.8) is 0 Å². The van der Waals surface area contributed by atoms with Gasteiger partial charge in [-0.15, -0.1) is 0 Å². The summed E-state index contributed by atoms with van der Waals surface area (Å²) in [7, 11) is -4.24. The molecule has 8 heteroatoms. The van der Waals surface area contributed by atoms with Crippen molar-refractivity contribution in [2.24, 2.45) is 0 Å². The van der Waals surface area contributed by atoms with Gasteiger partial charge in [0.25, 0.3) is 15.9 Å². The van der Waals surface area contributed by atoms with Gasteiger partial charge in [0, 0.05) is 13.1 Å². The Balaban J connectivity index is 1.72. The number of anilines is 1. The van der Waals surface area contributed by atoms with Gasteiger partial charge in [0.1, 0.15) is 4.90 Å². The molecular weight excluding hydrogens is 440 g/mol. The van der Waals surface area contributed by atoms with E-state index in [0.29, 0.717) is 18.7 Å². The summed E-state index contributed by atoms with van der Waals surface area (Å²) in [6.07, 6.45) is 2.81. The van der Waals surface area contributed by atoms with Gasteiger partial charge >= 0.3 is 5.97 Å². The number of piperidine rings is 1. The van der Waals surface area contributed by atoms with Crippen LogP contribution in [0, 0.1) is 0 Å². The van der Waals surface area contributed by atoms with Gasteiger partial charge in [-0.05, 0) is 54.7 Å². The number of aromatic carboxylic acids is 1. The van der Waals surface area contributed by atoms with Crippen LogP contribution < -0.4 is 4.72 Å². The number of sulfonamides is 1. The normalized spacial score (nSPS) is 14.0. The minimum Gasteiger partial charge on any atom is -0.478 e. The second kappa shape index (κ2) is 9.46. The Morgan fingerprint density at radius 2 is 1.45 bits per heavy atom. The van der Waals surface area contributed by atoms with Gasteiger partial charge < -0.3 is 10.0 Å². The quantitative estimate of drug-likeness (QED) is 0.560. The van der Waals surface area contributed by atoms with E-state index in [1.54, 1.807) is 23.1 Å². The van der Waals surface area contributed by atoms with E-state index < -0.39 is 16.0 Å². The molecule has 1 aliphatic rings. The Labute approximate surface area is 192 Å². The van der Waals surface area contributed by atoms with Crippen LogP contribution in [0.4, 0.5) is 5.69 Å². The smallest absolute Gasteiger partial charge is 0.337 e. The molecule has 2 N–H and O–H groups in total. The number of likely N-dealkylation sites (tertiary alicyclic amines) is 1. The van der Waals surface area contributed by atoms with E-state index in [1.807, 2.05) is 30.3 Å². The maximum absolute atomic E-state index is 13.4. The predicted molar refractivity (Wildman–Crippen MR) is 126 cm³/mol. The molecule has 0 unspecified atom stereocenters. The topological polar surface area (TPSA) is 104 Å². The molecule has 0 atom stereocenters. The lowest BCUT2D eigenvalue weighted by molar-refractivity contribution is 0.0695. The third-order valence-corrected chi connectivity index (χ3v) is 7.08. The Hall–Kier alpha value is -3.65. The molecular formula is C25H24N2O5S. The second-order valence-corrected chi connectivity index (χ2v) is 9.54. The molecule has 0 saturated carbocycles. The van der Waals surface area contributed by atoms with Crippen LogP contribution in [0.15, 0.2) is 77.7 Å². The lowest BCUT2D eigenvalue weighted by atomic mass is 10.0. The van der Waals surface area contributed by atoms with Crippen LogP contribution in [0.25, 0.3) is 11.1 Å². The second-order valence-electron chi connectivity index (χ2n) is 7.89. The summed E-state index contributed by atoms with van der Waals surface area (Å²) in [6, 6.07) is 19.7. The summed E-state index contributed by atoms with van der Waals surface area (Å²) in [5.41, 5.74) is 1.30. The summed E-state index contributed by atoms with van der Waals surface area (Å²) in [6.45, 7) is 1.17. The molecule has 33 heavy (non-hydrogen) atoms. The number of carboxylic acids is 1. The lowest BCUT2D eigenvalue weighted by Gasteiger charge is -2.27. The van der Waals surface area contributed by atoms with Crippen molar-refractivity contribution in [2.75, 3.05) is 17.8 Å². The molecule has 1 amide bonds. The Morgan fingerprint density at radius 1 is 0.788 bits per heavy atom. The number of carbonyl (C=O) groups excluding carboxylic acids is 1. The first-order valence-corrected chi connectivity index (χ1v) is 12.2. The monoisotopic (exact) mass is 464 g/mol. The number of hydrogen-bond donors (Lipinski definition) is 2. The molecule has 0 aromatic heterocycles. The molecule has 0 spiro atoms. The average molecular weight is 465 g/mol. The molecule has 1 saturated heterocycles.